The van der Waals surface area contributed by atoms with Crippen LogP contribution < -0.4 is 5.32 Å². The van der Waals surface area contributed by atoms with Gasteiger partial charge in [-0.2, -0.15) is 0 Å². The molecule has 144 valence electrons. The highest BCUT2D eigenvalue weighted by Crippen LogP contribution is 2.40. The summed E-state index contributed by atoms with van der Waals surface area (Å²) in [5.74, 6) is 1.22. The molecule has 5 nitrogen and oxygen atoms in total. The minimum Gasteiger partial charge on any atom is -0.324 e. The van der Waals surface area contributed by atoms with Gasteiger partial charge in [0.15, 0.2) is 0 Å². The van der Waals surface area contributed by atoms with Gasteiger partial charge in [-0.1, -0.05) is 59.2 Å². The van der Waals surface area contributed by atoms with E-state index < -0.39 is 5.25 Å². The van der Waals surface area contributed by atoms with Crippen LogP contribution in [0.1, 0.15) is 31.5 Å². The Bertz CT molecular complexity index is 1000. The lowest BCUT2D eigenvalue weighted by atomic mass is 10.3. The zero-order valence-electron chi connectivity index (χ0n) is 15.1. The minimum atomic E-state index is -0.395. The van der Waals surface area contributed by atoms with Crippen LogP contribution >= 0.6 is 35.0 Å². The van der Waals surface area contributed by atoms with E-state index in [1.54, 1.807) is 18.2 Å². The van der Waals surface area contributed by atoms with E-state index in [1.165, 1.54) is 11.8 Å². The van der Waals surface area contributed by atoms with Crippen molar-refractivity contribution < 1.29 is 4.79 Å². The molecule has 1 atom stereocenters. The number of rotatable bonds is 6. The largest absolute Gasteiger partial charge is 0.324 e. The lowest BCUT2D eigenvalue weighted by Gasteiger charge is -2.11. The van der Waals surface area contributed by atoms with Crippen molar-refractivity contribution in [3.8, 4) is 5.69 Å². The first-order valence-electron chi connectivity index (χ1n) is 8.97. The Balaban J connectivity index is 1.51. The fraction of sp³-hybridized carbons (Fsp3) is 0.250. The number of amides is 1. The number of nitrogens with one attached hydrogen (secondary N) is 1. The number of carbonyl (C=O) groups is 1. The number of hydrogen-bond acceptors (Lipinski definition) is 4. The average molecular weight is 433 g/mol. The van der Waals surface area contributed by atoms with E-state index in [1.807, 2.05) is 41.9 Å². The van der Waals surface area contributed by atoms with E-state index in [0.717, 1.165) is 24.4 Å². The smallest absolute Gasteiger partial charge is 0.237 e. The van der Waals surface area contributed by atoms with Gasteiger partial charge in [-0.05, 0) is 44.0 Å². The molecule has 1 amide bonds. The molecule has 4 rings (SSSR count). The maximum Gasteiger partial charge on any atom is 0.237 e. The van der Waals surface area contributed by atoms with E-state index in [4.69, 9.17) is 28.2 Å². The van der Waals surface area contributed by atoms with Crippen LogP contribution in [0.3, 0.4) is 0 Å². The van der Waals surface area contributed by atoms with Gasteiger partial charge in [0.2, 0.25) is 11.1 Å². The van der Waals surface area contributed by atoms with Crippen LogP contribution in [0.15, 0.2) is 53.7 Å². The molecule has 1 saturated carbocycles. The molecule has 28 heavy (non-hydrogen) atoms. The summed E-state index contributed by atoms with van der Waals surface area (Å²) in [5, 5.41) is 8.39. The highest BCUT2D eigenvalue weighted by atomic mass is 35.5. The molecule has 8 heteroatoms. The summed E-state index contributed by atoms with van der Waals surface area (Å²) in [4.78, 5) is 17.3. The first-order chi connectivity index (χ1) is 13.5. The quantitative estimate of drug-likeness (QED) is 0.517. The van der Waals surface area contributed by atoms with Crippen LogP contribution in [0, 0.1) is 0 Å². The van der Waals surface area contributed by atoms with Crippen LogP contribution in [0.4, 0.5) is 5.69 Å². The number of carbonyl (C=O) groups excluding carboxylic acids is 1. The van der Waals surface area contributed by atoms with Gasteiger partial charge in [-0.3, -0.25) is 4.79 Å². The molecule has 1 aliphatic rings. The SMILES string of the molecule is C[C@H](Sc1nc(C2CC2)n(-c2ccccc2)n1)C(=O)Nc1cccc(Cl)c1Cl. The van der Waals surface area contributed by atoms with Crippen molar-refractivity contribution in [3.05, 3.63) is 64.4 Å². The molecular weight excluding hydrogens is 415 g/mol. The van der Waals surface area contributed by atoms with Crippen LogP contribution in [-0.2, 0) is 4.79 Å². The van der Waals surface area contributed by atoms with Crippen LogP contribution in [0.25, 0.3) is 5.69 Å². The molecule has 0 saturated heterocycles. The maximum absolute atomic E-state index is 12.6. The molecule has 0 aliphatic heterocycles. The topological polar surface area (TPSA) is 59.8 Å². The standard InChI is InChI=1S/C20H18Cl2N4OS/c1-12(19(27)23-16-9-5-8-15(21)17(16)22)28-20-24-18(13-10-11-13)26(25-20)14-6-3-2-4-7-14/h2-9,12-13H,10-11H2,1H3,(H,23,27)/t12-/m0/s1. The van der Waals surface area contributed by atoms with Crippen LogP contribution in [-0.4, -0.2) is 25.9 Å². The molecule has 1 fully saturated rings. The number of thioether (sulfide) groups is 1. The summed E-state index contributed by atoms with van der Waals surface area (Å²) in [6.45, 7) is 1.82. The second kappa shape index (κ2) is 8.15. The Kier molecular flexibility index (Phi) is 5.62. The Hall–Kier alpha value is -2.02. The number of anilines is 1. The number of para-hydroxylation sites is 1. The predicted molar refractivity (Wildman–Crippen MR) is 114 cm³/mol. The fourth-order valence-corrected chi connectivity index (χ4v) is 3.87. The van der Waals surface area contributed by atoms with E-state index in [2.05, 4.69) is 10.4 Å². The summed E-state index contributed by atoms with van der Waals surface area (Å²) in [7, 11) is 0. The Morgan fingerprint density at radius 2 is 1.93 bits per heavy atom. The Morgan fingerprint density at radius 1 is 1.18 bits per heavy atom. The minimum absolute atomic E-state index is 0.182. The molecule has 1 aliphatic carbocycles. The number of halogens is 2. The third kappa shape index (κ3) is 4.19. The van der Waals surface area contributed by atoms with Crippen molar-refractivity contribution in [2.45, 2.75) is 36.1 Å². The van der Waals surface area contributed by atoms with E-state index >= 15 is 0 Å². The molecule has 3 aromatic rings. The van der Waals surface area contributed by atoms with Gasteiger partial charge < -0.3 is 5.32 Å². The lowest BCUT2D eigenvalue weighted by Crippen LogP contribution is -2.22. The molecule has 0 unspecified atom stereocenters. The van der Waals surface area contributed by atoms with Gasteiger partial charge in [0.05, 0.1) is 26.7 Å². The highest BCUT2D eigenvalue weighted by molar-refractivity contribution is 8.00. The molecule has 0 radical (unpaired) electrons. The zero-order valence-corrected chi connectivity index (χ0v) is 17.4. The summed E-state index contributed by atoms with van der Waals surface area (Å²) < 4.78 is 1.89. The number of benzene rings is 2. The number of aromatic nitrogens is 3. The monoisotopic (exact) mass is 432 g/mol. The van der Waals surface area contributed by atoms with Crippen molar-refractivity contribution in [2.75, 3.05) is 5.32 Å². The molecule has 1 heterocycles. The van der Waals surface area contributed by atoms with Crippen molar-refractivity contribution >= 4 is 46.6 Å². The first-order valence-corrected chi connectivity index (χ1v) is 10.6. The van der Waals surface area contributed by atoms with E-state index in [0.29, 0.717) is 26.8 Å². The van der Waals surface area contributed by atoms with Gasteiger partial charge in [0.25, 0.3) is 0 Å². The molecule has 0 spiro atoms. The fourth-order valence-electron chi connectivity index (χ4n) is 2.77. The first kappa shape index (κ1) is 19.3. The average Bonchev–Trinajstić information content (AvgIpc) is 3.46. The molecule has 1 aromatic heterocycles. The molecule has 0 bridgehead atoms. The summed E-state index contributed by atoms with van der Waals surface area (Å²) in [6.07, 6.45) is 2.25. The summed E-state index contributed by atoms with van der Waals surface area (Å²) in [6, 6.07) is 15.1. The highest BCUT2D eigenvalue weighted by Gasteiger charge is 2.31. The Morgan fingerprint density at radius 3 is 2.64 bits per heavy atom. The second-order valence-electron chi connectivity index (χ2n) is 6.62. The maximum atomic E-state index is 12.6. The van der Waals surface area contributed by atoms with Crippen LogP contribution in [0.5, 0.6) is 0 Å². The van der Waals surface area contributed by atoms with Gasteiger partial charge in [0.1, 0.15) is 5.82 Å². The normalized spacial score (nSPS) is 14.7. The zero-order chi connectivity index (χ0) is 19.7. The predicted octanol–water partition coefficient (Wildman–Crippen LogP) is 5.57. The number of hydrogen-bond donors (Lipinski definition) is 1. The van der Waals surface area contributed by atoms with Crippen molar-refractivity contribution in [1.82, 2.24) is 14.8 Å². The van der Waals surface area contributed by atoms with E-state index in [9.17, 15) is 4.79 Å². The van der Waals surface area contributed by atoms with E-state index in [-0.39, 0.29) is 5.91 Å². The van der Waals surface area contributed by atoms with Gasteiger partial charge >= 0.3 is 0 Å². The Labute approximate surface area is 177 Å². The third-order valence-corrected chi connectivity index (χ3v) is 6.19. The summed E-state index contributed by atoms with van der Waals surface area (Å²) >= 11 is 13.5. The second-order valence-corrected chi connectivity index (χ2v) is 8.72. The van der Waals surface area contributed by atoms with Gasteiger partial charge in [-0.25, -0.2) is 9.67 Å². The van der Waals surface area contributed by atoms with Gasteiger partial charge in [-0.15, -0.1) is 5.10 Å². The molecule has 1 N–H and O–H groups in total. The van der Waals surface area contributed by atoms with Crippen molar-refractivity contribution in [2.24, 2.45) is 0 Å². The van der Waals surface area contributed by atoms with Crippen molar-refractivity contribution in [1.29, 1.82) is 0 Å². The molecule has 2 aromatic carbocycles. The van der Waals surface area contributed by atoms with Gasteiger partial charge in [0, 0.05) is 5.92 Å². The van der Waals surface area contributed by atoms with Crippen LogP contribution in [0.2, 0.25) is 10.0 Å². The van der Waals surface area contributed by atoms with Crippen molar-refractivity contribution in [3.63, 3.8) is 0 Å². The lowest BCUT2D eigenvalue weighted by molar-refractivity contribution is -0.115. The summed E-state index contributed by atoms with van der Waals surface area (Å²) in [5.41, 5.74) is 1.47. The third-order valence-electron chi connectivity index (χ3n) is 4.42. The molecular formula is C20H18Cl2N4OS. The number of nitrogens with zero attached hydrogens (tertiary/aromatic N) is 3.